The quantitative estimate of drug-likeness (QED) is 0.800. The highest BCUT2D eigenvalue weighted by molar-refractivity contribution is 5.09. The zero-order valence-electron chi connectivity index (χ0n) is 13.0. The van der Waals surface area contributed by atoms with E-state index in [4.69, 9.17) is 0 Å². The molecule has 0 N–H and O–H groups in total. The Morgan fingerprint density at radius 3 is 2.65 bits per heavy atom. The van der Waals surface area contributed by atoms with Gasteiger partial charge in [-0.1, -0.05) is 25.5 Å². The molecule has 1 atom stereocenters. The number of nitrogens with zero attached hydrogens (tertiary/aromatic N) is 4. The Morgan fingerprint density at radius 2 is 2.00 bits per heavy atom. The van der Waals surface area contributed by atoms with Crippen molar-refractivity contribution in [1.82, 2.24) is 19.9 Å². The van der Waals surface area contributed by atoms with Crippen molar-refractivity contribution in [3.63, 3.8) is 0 Å². The van der Waals surface area contributed by atoms with Crippen LogP contribution in [-0.2, 0) is 0 Å². The lowest BCUT2D eigenvalue weighted by Crippen LogP contribution is -2.37. The van der Waals surface area contributed by atoms with Gasteiger partial charge in [-0.3, -0.25) is 0 Å². The summed E-state index contributed by atoms with van der Waals surface area (Å²) in [6, 6.07) is 0.577. The predicted molar refractivity (Wildman–Crippen MR) is 80.8 cm³/mol. The van der Waals surface area contributed by atoms with E-state index >= 15 is 0 Å². The van der Waals surface area contributed by atoms with E-state index in [9.17, 15) is 0 Å². The van der Waals surface area contributed by atoms with Gasteiger partial charge in [0, 0.05) is 31.7 Å². The molecule has 0 bridgehead atoms. The summed E-state index contributed by atoms with van der Waals surface area (Å²) in [6.45, 7) is 8.37. The number of likely N-dealkylation sites (tertiary alicyclic amines) is 1. The van der Waals surface area contributed by atoms with Gasteiger partial charge < -0.3 is 4.90 Å². The number of rotatable bonds is 6. The largest absolute Gasteiger partial charge is 0.303 e. The van der Waals surface area contributed by atoms with Crippen molar-refractivity contribution in [2.24, 2.45) is 5.92 Å². The van der Waals surface area contributed by atoms with E-state index in [1.165, 1.54) is 63.9 Å². The summed E-state index contributed by atoms with van der Waals surface area (Å²) in [7, 11) is 0. The van der Waals surface area contributed by atoms with E-state index in [0.29, 0.717) is 6.04 Å². The Labute approximate surface area is 122 Å². The summed E-state index contributed by atoms with van der Waals surface area (Å²) < 4.78 is 2.14. The molecule has 1 saturated carbocycles. The predicted octanol–water partition coefficient (Wildman–Crippen LogP) is 3.23. The molecule has 1 aliphatic carbocycles. The van der Waals surface area contributed by atoms with Gasteiger partial charge in [0.15, 0.2) is 0 Å². The van der Waals surface area contributed by atoms with Crippen molar-refractivity contribution in [2.45, 2.75) is 64.3 Å². The normalized spacial score (nSPS) is 23.1. The highest BCUT2D eigenvalue weighted by Crippen LogP contribution is 2.39. The van der Waals surface area contributed by atoms with Gasteiger partial charge in [0.2, 0.25) is 0 Å². The fourth-order valence-electron chi connectivity index (χ4n) is 3.43. The van der Waals surface area contributed by atoms with Crippen LogP contribution in [0.4, 0.5) is 0 Å². The third-order valence-electron chi connectivity index (χ3n) is 4.81. The second-order valence-electron chi connectivity index (χ2n) is 6.82. The molecular weight excluding hydrogens is 248 g/mol. The van der Waals surface area contributed by atoms with Crippen LogP contribution in [-0.4, -0.2) is 39.5 Å². The van der Waals surface area contributed by atoms with E-state index < -0.39 is 0 Å². The van der Waals surface area contributed by atoms with Gasteiger partial charge in [0.25, 0.3) is 0 Å². The monoisotopic (exact) mass is 276 g/mol. The Hall–Kier alpha value is -0.900. The summed E-state index contributed by atoms with van der Waals surface area (Å²) in [4.78, 5) is 2.63. The summed E-state index contributed by atoms with van der Waals surface area (Å²) in [5, 5.41) is 8.71. The molecule has 0 spiro atoms. The molecule has 2 aliphatic rings. The van der Waals surface area contributed by atoms with Gasteiger partial charge in [0.05, 0.1) is 11.7 Å². The highest BCUT2D eigenvalue weighted by Gasteiger charge is 2.28. The van der Waals surface area contributed by atoms with Crippen LogP contribution in [0.25, 0.3) is 0 Å². The van der Waals surface area contributed by atoms with Crippen molar-refractivity contribution in [2.75, 3.05) is 19.6 Å². The molecule has 1 aliphatic heterocycles. The molecule has 4 nitrogen and oxygen atoms in total. The first-order valence-corrected chi connectivity index (χ1v) is 8.40. The summed E-state index contributed by atoms with van der Waals surface area (Å²) in [5.41, 5.74) is 1.23. The van der Waals surface area contributed by atoms with Crippen molar-refractivity contribution in [1.29, 1.82) is 0 Å². The Morgan fingerprint density at radius 1 is 1.25 bits per heavy atom. The van der Waals surface area contributed by atoms with Crippen molar-refractivity contribution in [3.05, 3.63) is 11.9 Å². The number of hydrogen-bond donors (Lipinski definition) is 0. The first-order valence-electron chi connectivity index (χ1n) is 8.40. The van der Waals surface area contributed by atoms with Crippen LogP contribution in [0.3, 0.4) is 0 Å². The lowest BCUT2D eigenvalue weighted by Gasteiger charge is -2.33. The molecule has 0 radical (unpaired) electrons. The lowest BCUT2D eigenvalue weighted by molar-refractivity contribution is 0.157. The Bertz CT molecular complexity index is 416. The van der Waals surface area contributed by atoms with Gasteiger partial charge in [-0.15, -0.1) is 5.10 Å². The first kappa shape index (κ1) is 14.1. The molecule has 0 amide bonds. The van der Waals surface area contributed by atoms with Gasteiger partial charge in [0.1, 0.15) is 0 Å². The van der Waals surface area contributed by atoms with Crippen molar-refractivity contribution < 1.29 is 0 Å². The van der Waals surface area contributed by atoms with Gasteiger partial charge in [-0.2, -0.15) is 0 Å². The van der Waals surface area contributed by atoms with Crippen LogP contribution in [0.15, 0.2) is 6.20 Å². The fourth-order valence-corrected chi connectivity index (χ4v) is 3.43. The molecule has 4 heteroatoms. The molecule has 0 aromatic carbocycles. The fraction of sp³-hybridized carbons (Fsp3) is 0.875. The van der Waals surface area contributed by atoms with Crippen LogP contribution in [0.2, 0.25) is 0 Å². The van der Waals surface area contributed by atoms with Crippen molar-refractivity contribution in [3.8, 4) is 0 Å². The average molecular weight is 276 g/mol. The average Bonchev–Trinajstić information content (AvgIpc) is 3.18. The minimum atomic E-state index is 0.577. The summed E-state index contributed by atoms with van der Waals surface area (Å²) in [5.74, 6) is 1.56. The number of hydrogen-bond acceptors (Lipinski definition) is 3. The maximum atomic E-state index is 4.36. The van der Waals surface area contributed by atoms with E-state index in [0.717, 1.165) is 11.8 Å². The molecule has 20 heavy (non-hydrogen) atoms. The van der Waals surface area contributed by atoms with Crippen molar-refractivity contribution >= 4 is 0 Å². The smallest absolute Gasteiger partial charge is 0.0858 e. The molecule has 1 aromatic heterocycles. The van der Waals surface area contributed by atoms with Crippen LogP contribution in [0, 0.1) is 5.92 Å². The van der Waals surface area contributed by atoms with Crippen LogP contribution in [0.1, 0.15) is 70.0 Å². The second kappa shape index (κ2) is 6.25. The molecular formula is C16H28N4. The maximum absolute atomic E-state index is 4.36. The first-order chi connectivity index (χ1) is 9.76. The molecule has 2 heterocycles. The summed E-state index contributed by atoms with van der Waals surface area (Å²) in [6.07, 6.45) is 9.95. The SMILES string of the molecule is CCC[C@H](C)CN1CCC(n2cc(C3CC3)nn2)CC1. The zero-order valence-corrected chi connectivity index (χ0v) is 13.0. The minimum absolute atomic E-state index is 0.577. The molecule has 112 valence electrons. The highest BCUT2D eigenvalue weighted by atomic mass is 15.4. The topological polar surface area (TPSA) is 34.0 Å². The number of piperidine rings is 1. The second-order valence-corrected chi connectivity index (χ2v) is 6.82. The molecule has 1 aromatic rings. The molecule has 3 rings (SSSR count). The third kappa shape index (κ3) is 3.40. The van der Waals surface area contributed by atoms with E-state index in [-0.39, 0.29) is 0 Å². The van der Waals surface area contributed by atoms with Gasteiger partial charge in [-0.25, -0.2) is 4.68 Å². The maximum Gasteiger partial charge on any atom is 0.0858 e. The molecule has 0 unspecified atom stereocenters. The third-order valence-corrected chi connectivity index (χ3v) is 4.81. The Kier molecular flexibility index (Phi) is 4.39. The van der Waals surface area contributed by atoms with Gasteiger partial charge >= 0.3 is 0 Å². The minimum Gasteiger partial charge on any atom is -0.303 e. The van der Waals surface area contributed by atoms with Crippen LogP contribution < -0.4 is 0 Å². The zero-order chi connectivity index (χ0) is 13.9. The summed E-state index contributed by atoms with van der Waals surface area (Å²) >= 11 is 0. The standard InChI is InChI=1S/C16H28N4/c1-3-4-13(2)11-19-9-7-15(8-10-19)20-12-16(17-18-20)14-5-6-14/h12-15H,3-11H2,1-2H3/t13-/m0/s1. The number of aromatic nitrogens is 3. The van der Waals surface area contributed by atoms with Crippen LogP contribution >= 0.6 is 0 Å². The van der Waals surface area contributed by atoms with Crippen LogP contribution in [0.5, 0.6) is 0 Å². The van der Waals surface area contributed by atoms with Gasteiger partial charge in [-0.05, 0) is 38.0 Å². The Balaban J connectivity index is 1.47. The lowest BCUT2D eigenvalue weighted by atomic mass is 10.0. The van der Waals surface area contributed by atoms with E-state index in [1.54, 1.807) is 0 Å². The van der Waals surface area contributed by atoms with E-state index in [1.807, 2.05) is 0 Å². The molecule has 2 fully saturated rings. The van der Waals surface area contributed by atoms with E-state index in [2.05, 4.69) is 39.9 Å². The molecule has 1 saturated heterocycles.